The fraction of sp³-hybridized carbons (Fsp3) is 0.529. The van der Waals surface area contributed by atoms with Crippen LogP contribution in [0.4, 0.5) is 0 Å². The van der Waals surface area contributed by atoms with Gasteiger partial charge in [-0.2, -0.15) is 0 Å². The van der Waals surface area contributed by atoms with Gasteiger partial charge in [0.15, 0.2) is 21.3 Å². The monoisotopic (exact) mass is 324 g/mol. The Labute approximate surface area is 132 Å². The Morgan fingerprint density at radius 1 is 1.09 bits per heavy atom. The first-order chi connectivity index (χ1) is 10.5. The van der Waals surface area contributed by atoms with E-state index in [0.29, 0.717) is 17.9 Å². The lowest BCUT2D eigenvalue weighted by atomic mass is 9.86. The SMILES string of the molecule is O=S(=O)(/C=C/c1ccc(O)c(O)c1)CCCC1CCCCC1. The fourth-order valence-corrected chi connectivity index (χ4v) is 4.01. The molecule has 1 aromatic carbocycles. The Kier molecular flexibility index (Phi) is 5.89. The van der Waals surface area contributed by atoms with Gasteiger partial charge in [0.2, 0.25) is 0 Å². The van der Waals surface area contributed by atoms with E-state index in [1.165, 1.54) is 55.7 Å². The summed E-state index contributed by atoms with van der Waals surface area (Å²) in [7, 11) is -3.23. The highest BCUT2D eigenvalue weighted by molar-refractivity contribution is 7.94. The standard InChI is InChI=1S/C17H24O4S/c18-16-9-8-15(13-17(16)19)10-12-22(20,21)11-4-7-14-5-2-1-3-6-14/h8-10,12-14,18-19H,1-7,11H2/b12-10+. The van der Waals surface area contributed by atoms with Gasteiger partial charge in [-0.3, -0.25) is 0 Å². The number of aromatic hydroxyl groups is 2. The average molecular weight is 324 g/mol. The Hall–Kier alpha value is -1.49. The average Bonchev–Trinajstić information content (AvgIpc) is 2.49. The summed E-state index contributed by atoms with van der Waals surface area (Å²) in [6.07, 6.45) is 9.51. The minimum Gasteiger partial charge on any atom is -0.504 e. The quantitative estimate of drug-likeness (QED) is 0.780. The minimum atomic E-state index is -3.23. The van der Waals surface area contributed by atoms with Crippen LogP contribution in [-0.4, -0.2) is 24.4 Å². The molecule has 0 aromatic heterocycles. The molecular formula is C17H24O4S. The minimum absolute atomic E-state index is 0.171. The number of phenolic OH excluding ortho intramolecular Hbond substituents is 2. The Bertz CT molecular complexity index is 614. The van der Waals surface area contributed by atoms with Gasteiger partial charge in [-0.15, -0.1) is 0 Å². The van der Waals surface area contributed by atoms with Crippen molar-refractivity contribution in [2.75, 3.05) is 5.75 Å². The highest BCUT2D eigenvalue weighted by atomic mass is 32.2. The molecule has 1 aromatic rings. The molecule has 0 spiro atoms. The summed E-state index contributed by atoms with van der Waals surface area (Å²) in [6.45, 7) is 0. The number of hydrogen-bond donors (Lipinski definition) is 2. The molecular weight excluding hydrogens is 300 g/mol. The zero-order valence-corrected chi connectivity index (χ0v) is 13.6. The summed E-state index contributed by atoms with van der Waals surface area (Å²) in [6, 6.07) is 4.23. The van der Waals surface area contributed by atoms with Crippen molar-refractivity contribution in [3.63, 3.8) is 0 Å². The number of benzene rings is 1. The molecule has 2 N–H and O–H groups in total. The van der Waals surface area contributed by atoms with Gasteiger partial charge in [-0.05, 0) is 42.5 Å². The van der Waals surface area contributed by atoms with Crippen molar-refractivity contribution in [2.45, 2.75) is 44.9 Å². The smallest absolute Gasteiger partial charge is 0.171 e. The van der Waals surface area contributed by atoms with Crippen LogP contribution in [0.1, 0.15) is 50.5 Å². The van der Waals surface area contributed by atoms with Crippen LogP contribution in [-0.2, 0) is 9.84 Å². The van der Waals surface area contributed by atoms with E-state index in [9.17, 15) is 18.6 Å². The molecule has 0 aliphatic heterocycles. The van der Waals surface area contributed by atoms with Crippen LogP contribution < -0.4 is 0 Å². The first-order valence-electron chi connectivity index (χ1n) is 7.89. The predicted molar refractivity (Wildman–Crippen MR) is 88.4 cm³/mol. The van der Waals surface area contributed by atoms with E-state index in [1.54, 1.807) is 6.07 Å². The van der Waals surface area contributed by atoms with Crippen molar-refractivity contribution in [2.24, 2.45) is 5.92 Å². The molecule has 1 aliphatic carbocycles. The van der Waals surface area contributed by atoms with Crippen LogP contribution in [0, 0.1) is 5.92 Å². The number of rotatable bonds is 6. The van der Waals surface area contributed by atoms with Crippen molar-refractivity contribution in [1.82, 2.24) is 0 Å². The third-order valence-corrected chi connectivity index (χ3v) is 5.64. The molecule has 2 rings (SSSR count). The van der Waals surface area contributed by atoms with Crippen LogP contribution >= 0.6 is 0 Å². The van der Waals surface area contributed by atoms with Crippen molar-refractivity contribution < 1.29 is 18.6 Å². The van der Waals surface area contributed by atoms with Crippen molar-refractivity contribution in [1.29, 1.82) is 0 Å². The maximum atomic E-state index is 12.0. The molecule has 0 atom stereocenters. The largest absolute Gasteiger partial charge is 0.504 e. The van der Waals surface area contributed by atoms with Gasteiger partial charge in [0, 0.05) is 5.41 Å². The highest BCUT2D eigenvalue weighted by Crippen LogP contribution is 2.28. The Morgan fingerprint density at radius 2 is 1.82 bits per heavy atom. The number of hydrogen-bond acceptors (Lipinski definition) is 4. The summed E-state index contributed by atoms with van der Waals surface area (Å²) in [5, 5.41) is 19.8. The molecule has 5 heteroatoms. The van der Waals surface area contributed by atoms with Gasteiger partial charge in [0.25, 0.3) is 0 Å². The Balaban J connectivity index is 1.84. The van der Waals surface area contributed by atoms with Gasteiger partial charge >= 0.3 is 0 Å². The second kappa shape index (κ2) is 7.68. The molecule has 0 saturated heterocycles. The van der Waals surface area contributed by atoms with Gasteiger partial charge in [-0.1, -0.05) is 38.2 Å². The van der Waals surface area contributed by atoms with E-state index in [4.69, 9.17) is 0 Å². The zero-order chi connectivity index (χ0) is 16.0. The van der Waals surface area contributed by atoms with Crippen LogP contribution in [0.2, 0.25) is 0 Å². The van der Waals surface area contributed by atoms with Crippen LogP contribution in [0.5, 0.6) is 11.5 Å². The van der Waals surface area contributed by atoms with Crippen molar-refractivity contribution >= 4 is 15.9 Å². The number of sulfone groups is 1. The van der Waals surface area contributed by atoms with E-state index < -0.39 is 9.84 Å². The predicted octanol–water partition coefficient (Wildman–Crippen LogP) is 3.84. The third-order valence-electron chi connectivity index (χ3n) is 4.23. The normalized spacial score (nSPS) is 17.1. The molecule has 0 bridgehead atoms. The van der Waals surface area contributed by atoms with Crippen LogP contribution in [0.15, 0.2) is 23.6 Å². The van der Waals surface area contributed by atoms with Gasteiger partial charge in [0.1, 0.15) is 0 Å². The van der Waals surface area contributed by atoms with E-state index >= 15 is 0 Å². The zero-order valence-electron chi connectivity index (χ0n) is 12.7. The molecule has 1 fully saturated rings. The molecule has 122 valence electrons. The lowest BCUT2D eigenvalue weighted by molar-refractivity contribution is 0.337. The third kappa shape index (κ3) is 5.37. The maximum absolute atomic E-state index is 12.0. The lowest BCUT2D eigenvalue weighted by Crippen LogP contribution is -2.09. The van der Waals surface area contributed by atoms with E-state index in [-0.39, 0.29) is 17.3 Å². The summed E-state index contributed by atoms with van der Waals surface area (Å²) < 4.78 is 24.0. The molecule has 1 aliphatic rings. The van der Waals surface area contributed by atoms with Crippen LogP contribution in [0.3, 0.4) is 0 Å². The van der Waals surface area contributed by atoms with Gasteiger partial charge in [0.05, 0.1) is 5.75 Å². The van der Waals surface area contributed by atoms with Crippen LogP contribution in [0.25, 0.3) is 6.08 Å². The first kappa shape index (κ1) is 16.9. The first-order valence-corrected chi connectivity index (χ1v) is 9.61. The molecule has 0 radical (unpaired) electrons. The van der Waals surface area contributed by atoms with E-state index in [0.717, 1.165) is 6.42 Å². The molecule has 0 unspecified atom stereocenters. The highest BCUT2D eigenvalue weighted by Gasteiger charge is 2.14. The Morgan fingerprint density at radius 3 is 2.50 bits per heavy atom. The van der Waals surface area contributed by atoms with Gasteiger partial charge in [-0.25, -0.2) is 8.42 Å². The summed E-state index contributed by atoms with van der Waals surface area (Å²) in [5.74, 6) is 0.399. The van der Waals surface area contributed by atoms with E-state index in [2.05, 4.69) is 0 Å². The molecule has 0 amide bonds. The summed E-state index contributed by atoms with van der Waals surface area (Å²) >= 11 is 0. The molecule has 0 heterocycles. The molecule has 1 saturated carbocycles. The number of phenols is 2. The summed E-state index contributed by atoms with van der Waals surface area (Å²) in [4.78, 5) is 0. The maximum Gasteiger partial charge on any atom is 0.171 e. The van der Waals surface area contributed by atoms with Gasteiger partial charge < -0.3 is 10.2 Å². The molecule has 22 heavy (non-hydrogen) atoms. The van der Waals surface area contributed by atoms with Crippen molar-refractivity contribution in [3.05, 3.63) is 29.2 Å². The topological polar surface area (TPSA) is 74.6 Å². The van der Waals surface area contributed by atoms with Crippen molar-refractivity contribution in [3.8, 4) is 11.5 Å². The second-order valence-electron chi connectivity index (χ2n) is 6.06. The molecule has 4 nitrogen and oxygen atoms in total. The summed E-state index contributed by atoms with van der Waals surface area (Å²) in [5.41, 5.74) is 0.547. The second-order valence-corrected chi connectivity index (χ2v) is 8.07. The lowest BCUT2D eigenvalue weighted by Gasteiger charge is -2.20. The van der Waals surface area contributed by atoms with E-state index in [1.807, 2.05) is 0 Å². The fourth-order valence-electron chi connectivity index (χ4n) is 2.94.